The van der Waals surface area contributed by atoms with Crippen LogP contribution in [0.25, 0.3) is 0 Å². The van der Waals surface area contributed by atoms with Gasteiger partial charge in [-0.25, -0.2) is 0 Å². The van der Waals surface area contributed by atoms with Gasteiger partial charge in [-0.3, -0.25) is 4.99 Å². The fourth-order valence-corrected chi connectivity index (χ4v) is 2.68. The van der Waals surface area contributed by atoms with Crippen LogP contribution in [0.3, 0.4) is 0 Å². The molecule has 2 rings (SSSR count). The summed E-state index contributed by atoms with van der Waals surface area (Å²) >= 11 is 5.99. The summed E-state index contributed by atoms with van der Waals surface area (Å²) in [4.78, 5) is 6.44. The molecule has 0 amide bonds. The normalized spacial score (nSPS) is 13.3. The fourth-order valence-electron chi connectivity index (χ4n) is 2.55. The molecule has 1 unspecified atom stereocenters. The number of benzene rings is 1. The second-order valence-corrected chi connectivity index (χ2v) is 7.15. The van der Waals surface area contributed by atoms with Gasteiger partial charge in [0, 0.05) is 24.7 Å². The molecule has 2 N–H and O–H groups in total. The average Bonchev–Trinajstić information content (AvgIpc) is 3.08. The lowest BCUT2D eigenvalue weighted by molar-refractivity contribution is 0.298. The van der Waals surface area contributed by atoms with Gasteiger partial charge < -0.3 is 20.1 Å². The minimum absolute atomic E-state index is 0.198. The number of nitrogens with zero attached hydrogens (tertiary/aromatic N) is 3. The molecule has 2 aromatic rings. The van der Waals surface area contributed by atoms with E-state index in [1.54, 1.807) is 7.05 Å². The largest absolute Gasteiger partial charge is 0.359 e. The third-order valence-corrected chi connectivity index (χ3v) is 4.42. The summed E-state index contributed by atoms with van der Waals surface area (Å²) in [6.45, 7) is 5.43. The van der Waals surface area contributed by atoms with E-state index < -0.39 is 0 Å². The van der Waals surface area contributed by atoms with Crippen molar-refractivity contribution >= 4 is 17.6 Å². The zero-order valence-corrected chi connectivity index (χ0v) is 16.8. The Morgan fingerprint density at radius 2 is 1.92 bits per heavy atom. The second-order valence-electron chi connectivity index (χ2n) is 6.71. The molecule has 6 nitrogen and oxygen atoms in total. The molecule has 0 spiro atoms. The van der Waals surface area contributed by atoms with Gasteiger partial charge in [0.2, 0.25) is 0 Å². The third-order valence-electron chi connectivity index (χ3n) is 4.16. The van der Waals surface area contributed by atoms with Crippen LogP contribution in [0.1, 0.15) is 42.8 Å². The van der Waals surface area contributed by atoms with Gasteiger partial charge in [-0.15, -0.1) is 0 Å². The lowest BCUT2D eigenvalue weighted by Gasteiger charge is -2.26. The molecule has 1 heterocycles. The summed E-state index contributed by atoms with van der Waals surface area (Å²) in [6, 6.07) is 10.1. The number of hydrogen-bond donors (Lipinski definition) is 2. The van der Waals surface area contributed by atoms with Gasteiger partial charge in [0.15, 0.2) is 11.7 Å². The van der Waals surface area contributed by atoms with E-state index in [0.29, 0.717) is 25.0 Å². The Bertz CT molecular complexity index is 709. The first-order valence-electron chi connectivity index (χ1n) is 8.72. The number of aromatic nitrogens is 1. The first-order chi connectivity index (χ1) is 12.4. The highest BCUT2D eigenvalue weighted by atomic mass is 35.5. The summed E-state index contributed by atoms with van der Waals surface area (Å²) in [5.41, 5.74) is 2.15. The van der Waals surface area contributed by atoms with Crippen molar-refractivity contribution in [2.75, 3.05) is 27.7 Å². The summed E-state index contributed by atoms with van der Waals surface area (Å²) in [5.74, 6) is 1.86. The van der Waals surface area contributed by atoms with Crippen LogP contribution in [0.2, 0.25) is 5.02 Å². The summed E-state index contributed by atoms with van der Waals surface area (Å²) in [5, 5.41) is 11.4. The van der Waals surface area contributed by atoms with Gasteiger partial charge in [-0.05, 0) is 37.7 Å². The van der Waals surface area contributed by atoms with Crippen molar-refractivity contribution in [3.05, 3.63) is 52.4 Å². The Morgan fingerprint density at radius 1 is 1.23 bits per heavy atom. The number of hydrogen-bond acceptors (Lipinski definition) is 4. The van der Waals surface area contributed by atoms with Crippen LogP contribution in [0, 0.1) is 0 Å². The quantitative estimate of drug-likeness (QED) is 0.571. The van der Waals surface area contributed by atoms with Gasteiger partial charge >= 0.3 is 0 Å². The summed E-state index contributed by atoms with van der Waals surface area (Å²) < 4.78 is 5.35. The predicted octanol–water partition coefficient (Wildman–Crippen LogP) is 3.42. The van der Waals surface area contributed by atoms with Gasteiger partial charge in [-0.2, -0.15) is 0 Å². The Morgan fingerprint density at radius 3 is 2.46 bits per heavy atom. The number of halogens is 1. The monoisotopic (exact) mass is 377 g/mol. The molecule has 0 fully saturated rings. The molecule has 1 atom stereocenters. The van der Waals surface area contributed by atoms with E-state index in [2.05, 4.69) is 53.6 Å². The van der Waals surface area contributed by atoms with E-state index in [-0.39, 0.29) is 6.04 Å². The molecule has 0 aliphatic rings. The first-order valence-corrected chi connectivity index (χ1v) is 9.10. The Labute approximate surface area is 160 Å². The summed E-state index contributed by atoms with van der Waals surface area (Å²) in [6.07, 6.45) is 0. The zero-order chi connectivity index (χ0) is 19.1. The first kappa shape index (κ1) is 20.3. The molecule has 26 heavy (non-hydrogen) atoms. The minimum atomic E-state index is 0.198. The van der Waals surface area contributed by atoms with Crippen LogP contribution in [0.5, 0.6) is 0 Å². The van der Waals surface area contributed by atoms with Crippen LogP contribution >= 0.6 is 11.6 Å². The molecule has 0 bridgehead atoms. The number of aliphatic imine (C=N–C) groups is 1. The molecule has 0 saturated carbocycles. The maximum atomic E-state index is 5.99. The van der Waals surface area contributed by atoms with Gasteiger partial charge in [-0.1, -0.05) is 42.7 Å². The van der Waals surface area contributed by atoms with Gasteiger partial charge in [0.25, 0.3) is 0 Å². The maximum Gasteiger partial charge on any atom is 0.191 e. The predicted molar refractivity (Wildman–Crippen MR) is 107 cm³/mol. The minimum Gasteiger partial charge on any atom is -0.359 e. The second kappa shape index (κ2) is 9.59. The van der Waals surface area contributed by atoms with Crippen molar-refractivity contribution in [3.8, 4) is 0 Å². The lowest BCUT2D eigenvalue weighted by atomic mass is 10.1. The smallest absolute Gasteiger partial charge is 0.191 e. The Hall–Kier alpha value is -2.05. The highest BCUT2D eigenvalue weighted by Gasteiger charge is 2.15. The molecule has 1 aromatic heterocycles. The van der Waals surface area contributed by atoms with Crippen LogP contribution in [0.15, 0.2) is 39.8 Å². The number of guanidine groups is 1. The zero-order valence-electron chi connectivity index (χ0n) is 16.1. The Balaban J connectivity index is 1.92. The summed E-state index contributed by atoms with van der Waals surface area (Å²) in [7, 11) is 5.86. The molecular weight excluding hydrogens is 350 g/mol. The van der Waals surface area contributed by atoms with E-state index >= 15 is 0 Å². The van der Waals surface area contributed by atoms with Crippen molar-refractivity contribution in [1.29, 1.82) is 0 Å². The fraction of sp³-hybridized carbons (Fsp3) is 0.474. The highest BCUT2D eigenvalue weighted by molar-refractivity contribution is 6.30. The Kier molecular flexibility index (Phi) is 7.48. The van der Waals surface area contributed by atoms with Crippen molar-refractivity contribution in [3.63, 3.8) is 0 Å². The molecule has 0 aliphatic heterocycles. The lowest BCUT2D eigenvalue weighted by Crippen LogP contribution is -2.41. The van der Waals surface area contributed by atoms with Crippen molar-refractivity contribution in [2.45, 2.75) is 32.4 Å². The molecule has 0 aliphatic carbocycles. The average molecular weight is 378 g/mol. The van der Waals surface area contributed by atoms with Crippen molar-refractivity contribution < 1.29 is 4.52 Å². The maximum absolute atomic E-state index is 5.99. The standard InChI is InChI=1S/C19H28ClN5O/c1-13(2)17-10-16(26-24-17)11-22-19(21-3)23-12-18(25(4)5)14-6-8-15(20)9-7-14/h6-10,13,18H,11-12H2,1-5H3,(H2,21,22,23). The molecule has 1 aromatic carbocycles. The van der Waals surface area contributed by atoms with E-state index in [1.165, 1.54) is 5.56 Å². The molecular formula is C19H28ClN5O. The number of rotatable bonds is 7. The topological polar surface area (TPSA) is 65.7 Å². The van der Waals surface area contributed by atoms with Crippen LogP contribution in [0.4, 0.5) is 0 Å². The molecule has 7 heteroatoms. The van der Waals surface area contributed by atoms with Crippen molar-refractivity contribution in [1.82, 2.24) is 20.7 Å². The van der Waals surface area contributed by atoms with Gasteiger partial charge in [0.05, 0.1) is 18.3 Å². The molecule has 0 radical (unpaired) electrons. The van der Waals surface area contributed by atoms with Crippen LogP contribution in [-0.2, 0) is 6.54 Å². The van der Waals surface area contributed by atoms with Crippen LogP contribution in [-0.4, -0.2) is 43.7 Å². The SMILES string of the molecule is CN=C(NCc1cc(C(C)C)no1)NCC(c1ccc(Cl)cc1)N(C)C. The third kappa shape index (κ3) is 5.75. The molecule has 142 valence electrons. The van der Waals surface area contributed by atoms with Crippen LogP contribution < -0.4 is 10.6 Å². The number of nitrogens with one attached hydrogen (secondary N) is 2. The van der Waals surface area contributed by atoms with Gasteiger partial charge in [0.1, 0.15) is 0 Å². The number of likely N-dealkylation sites (N-methyl/N-ethyl adjacent to an activating group) is 1. The highest BCUT2D eigenvalue weighted by Crippen LogP contribution is 2.19. The molecule has 0 saturated heterocycles. The van der Waals surface area contributed by atoms with E-state index in [9.17, 15) is 0 Å². The van der Waals surface area contributed by atoms with E-state index in [4.69, 9.17) is 16.1 Å². The van der Waals surface area contributed by atoms with Crippen molar-refractivity contribution in [2.24, 2.45) is 4.99 Å². The van der Waals surface area contributed by atoms with E-state index in [1.807, 2.05) is 30.3 Å². The van der Waals surface area contributed by atoms with E-state index in [0.717, 1.165) is 16.5 Å².